The number of carbonyl (C=O) groups excluding carboxylic acids is 1. The molecule has 4 rings (SSSR count). The second-order valence-electron chi connectivity index (χ2n) is 7.66. The molecule has 5 nitrogen and oxygen atoms in total. The fraction of sp³-hybridized carbons (Fsp3) is 0.435. The number of rotatable bonds is 6. The van der Waals surface area contributed by atoms with Crippen LogP contribution in [0.15, 0.2) is 45.5 Å². The van der Waals surface area contributed by atoms with E-state index < -0.39 is 0 Å². The molecule has 0 bridgehead atoms. The number of hydrogen-bond donors (Lipinski definition) is 2. The molecule has 2 N–H and O–H groups in total. The summed E-state index contributed by atoms with van der Waals surface area (Å²) < 4.78 is 0. The molecule has 1 aromatic carbocycles. The van der Waals surface area contributed by atoms with Crippen LogP contribution >= 0.6 is 11.8 Å². The van der Waals surface area contributed by atoms with Crippen LogP contribution in [0.25, 0.3) is 0 Å². The number of hydrogen-bond acceptors (Lipinski definition) is 5. The Labute approximate surface area is 175 Å². The van der Waals surface area contributed by atoms with E-state index >= 15 is 0 Å². The van der Waals surface area contributed by atoms with Crippen molar-refractivity contribution in [3.8, 4) is 0 Å². The Balaban J connectivity index is 1.82. The van der Waals surface area contributed by atoms with Crippen LogP contribution in [-0.4, -0.2) is 21.5 Å². The number of aryl methyl sites for hydroxylation is 1. The number of unbranched alkanes of at least 4 members (excludes halogenated alkanes) is 1. The number of fused-ring (bicyclic) bond motifs is 1. The molecular formula is C23H27N3O2S. The molecule has 1 aromatic heterocycles. The molecule has 1 unspecified atom stereocenters. The third-order valence-corrected chi connectivity index (χ3v) is 6.65. The van der Waals surface area contributed by atoms with E-state index in [1.807, 2.05) is 0 Å². The van der Waals surface area contributed by atoms with Crippen molar-refractivity contribution in [2.45, 2.75) is 63.4 Å². The number of carbonyl (C=O) groups is 1. The lowest BCUT2D eigenvalue weighted by Gasteiger charge is -2.32. The van der Waals surface area contributed by atoms with Gasteiger partial charge in [0.05, 0.1) is 5.56 Å². The highest BCUT2D eigenvalue weighted by atomic mass is 32.2. The minimum absolute atomic E-state index is 0.134. The van der Waals surface area contributed by atoms with E-state index in [0.717, 1.165) is 54.7 Å². The molecule has 0 spiro atoms. The van der Waals surface area contributed by atoms with Crippen LogP contribution in [0.5, 0.6) is 0 Å². The molecule has 29 heavy (non-hydrogen) atoms. The average molecular weight is 410 g/mol. The third kappa shape index (κ3) is 3.90. The number of allylic oxidation sites excluding steroid dienone is 2. The Morgan fingerprint density at radius 3 is 2.66 bits per heavy atom. The van der Waals surface area contributed by atoms with Gasteiger partial charge in [0, 0.05) is 29.4 Å². The SMILES string of the molecule is CCCCSc1nc2c(c(=O)[nH]1)C(c1ccc(CC)cc1)C1=C(CCCC1=O)N2. The first-order valence-corrected chi connectivity index (χ1v) is 11.5. The lowest BCUT2D eigenvalue weighted by Crippen LogP contribution is -2.32. The molecule has 0 fully saturated rings. The summed E-state index contributed by atoms with van der Waals surface area (Å²) in [4.78, 5) is 33.7. The molecule has 2 aliphatic rings. The highest BCUT2D eigenvalue weighted by molar-refractivity contribution is 7.99. The van der Waals surface area contributed by atoms with Gasteiger partial charge in [0.15, 0.2) is 10.9 Å². The minimum Gasteiger partial charge on any atom is -0.343 e. The smallest absolute Gasteiger partial charge is 0.257 e. The fourth-order valence-corrected chi connectivity index (χ4v) is 5.05. The maximum absolute atomic E-state index is 13.1. The molecule has 152 valence electrons. The van der Waals surface area contributed by atoms with E-state index in [9.17, 15) is 9.59 Å². The average Bonchev–Trinajstić information content (AvgIpc) is 2.73. The summed E-state index contributed by atoms with van der Waals surface area (Å²) in [5, 5.41) is 3.98. The number of aromatic nitrogens is 2. The molecule has 1 aliphatic heterocycles. The first-order valence-electron chi connectivity index (χ1n) is 10.5. The van der Waals surface area contributed by atoms with E-state index in [0.29, 0.717) is 23.0 Å². The Hall–Kier alpha value is -2.34. The Kier molecular flexibility index (Phi) is 5.90. The van der Waals surface area contributed by atoms with Crippen LogP contribution in [-0.2, 0) is 11.2 Å². The van der Waals surface area contributed by atoms with E-state index in [4.69, 9.17) is 4.98 Å². The van der Waals surface area contributed by atoms with Crippen molar-refractivity contribution in [3.63, 3.8) is 0 Å². The van der Waals surface area contributed by atoms with Gasteiger partial charge in [-0.05, 0) is 36.8 Å². The van der Waals surface area contributed by atoms with Crippen molar-refractivity contribution in [2.24, 2.45) is 0 Å². The maximum atomic E-state index is 13.1. The number of nitrogens with one attached hydrogen (secondary N) is 2. The predicted molar refractivity (Wildman–Crippen MR) is 118 cm³/mol. The van der Waals surface area contributed by atoms with E-state index in [2.05, 4.69) is 48.4 Å². The Morgan fingerprint density at radius 2 is 1.93 bits per heavy atom. The summed E-state index contributed by atoms with van der Waals surface area (Å²) in [5.41, 5.74) is 4.29. The first-order chi connectivity index (χ1) is 14.1. The number of ketones is 1. The predicted octanol–water partition coefficient (Wildman–Crippen LogP) is 4.79. The summed E-state index contributed by atoms with van der Waals surface area (Å²) >= 11 is 1.57. The van der Waals surface area contributed by atoms with Crippen molar-refractivity contribution in [2.75, 3.05) is 11.1 Å². The van der Waals surface area contributed by atoms with Gasteiger partial charge in [-0.25, -0.2) is 4.98 Å². The molecule has 1 atom stereocenters. The van der Waals surface area contributed by atoms with Gasteiger partial charge in [0.25, 0.3) is 5.56 Å². The van der Waals surface area contributed by atoms with Crippen molar-refractivity contribution < 1.29 is 4.79 Å². The summed E-state index contributed by atoms with van der Waals surface area (Å²) in [7, 11) is 0. The van der Waals surface area contributed by atoms with Gasteiger partial charge >= 0.3 is 0 Å². The summed E-state index contributed by atoms with van der Waals surface area (Å²) in [6.07, 6.45) is 5.33. The lowest BCUT2D eigenvalue weighted by molar-refractivity contribution is -0.116. The van der Waals surface area contributed by atoms with Gasteiger partial charge in [-0.3, -0.25) is 9.59 Å². The number of anilines is 1. The highest BCUT2D eigenvalue weighted by Crippen LogP contribution is 2.43. The van der Waals surface area contributed by atoms with Crippen molar-refractivity contribution >= 4 is 23.4 Å². The van der Waals surface area contributed by atoms with Crippen LogP contribution in [0.3, 0.4) is 0 Å². The van der Waals surface area contributed by atoms with Gasteiger partial charge in [-0.15, -0.1) is 0 Å². The second-order valence-corrected chi connectivity index (χ2v) is 8.74. The molecule has 1 aliphatic carbocycles. The topological polar surface area (TPSA) is 74.8 Å². The quantitative estimate of drug-likeness (QED) is 0.408. The molecule has 0 amide bonds. The summed E-state index contributed by atoms with van der Waals surface area (Å²) in [5.74, 6) is 1.30. The van der Waals surface area contributed by atoms with Crippen molar-refractivity contribution in [3.05, 3.63) is 62.6 Å². The molecule has 0 saturated carbocycles. The van der Waals surface area contributed by atoms with Crippen LogP contribution in [0, 0.1) is 0 Å². The van der Waals surface area contributed by atoms with Gasteiger partial charge < -0.3 is 10.3 Å². The zero-order chi connectivity index (χ0) is 20.4. The highest BCUT2D eigenvalue weighted by Gasteiger charge is 2.37. The molecule has 0 radical (unpaired) electrons. The van der Waals surface area contributed by atoms with Gasteiger partial charge in [0.2, 0.25) is 0 Å². The lowest BCUT2D eigenvalue weighted by atomic mass is 9.76. The minimum atomic E-state index is -0.356. The summed E-state index contributed by atoms with van der Waals surface area (Å²) in [6, 6.07) is 8.27. The largest absolute Gasteiger partial charge is 0.343 e. The fourth-order valence-electron chi connectivity index (χ4n) is 4.10. The van der Waals surface area contributed by atoms with Crippen LogP contribution < -0.4 is 10.9 Å². The van der Waals surface area contributed by atoms with E-state index in [1.54, 1.807) is 11.8 Å². The molecule has 2 aromatic rings. The Bertz CT molecular complexity index is 1010. The third-order valence-electron chi connectivity index (χ3n) is 5.69. The van der Waals surface area contributed by atoms with Crippen molar-refractivity contribution in [1.29, 1.82) is 0 Å². The van der Waals surface area contributed by atoms with Gasteiger partial charge in [-0.2, -0.15) is 0 Å². The van der Waals surface area contributed by atoms with Crippen molar-refractivity contribution in [1.82, 2.24) is 9.97 Å². The number of thioether (sulfide) groups is 1. The van der Waals surface area contributed by atoms with E-state index in [-0.39, 0.29) is 17.3 Å². The molecule has 2 heterocycles. The number of benzene rings is 1. The molecular weight excluding hydrogens is 382 g/mol. The van der Waals surface area contributed by atoms with Gasteiger partial charge in [0.1, 0.15) is 5.82 Å². The normalized spacial score (nSPS) is 18.3. The van der Waals surface area contributed by atoms with Crippen LogP contribution in [0.1, 0.15) is 68.6 Å². The Morgan fingerprint density at radius 1 is 1.14 bits per heavy atom. The first kappa shape index (κ1) is 20.0. The summed E-state index contributed by atoms with van der Waals surface area (Å²) in [6.45, 7) is 4.26. The van der Waals surface area contributed by atoms with Crippen LogP contribution in [0.2, 0.25) is 0 Å². The standard InChI is InChI=1S/C23H27N3O2S/c1-3-5-13-29-23-25-21-20(22(28)26-23)18(15-11-9-14(4-2)10-12-15)19-16(24-21)7-6-8-17(19)27/h9-12,18H,3-8,13H2,1-2H3,(H2,24,25,26,28). The maximum Gasteiger partial charge on any atom is 0.257 e. The number of nitrogens with zero attached hydrogens (tertiary/aromatic N) is 1. The second kappa shape index (κ2) is 8.57. The van der Waals surface area contributed by atoms with E-state index in [1.165, 1.54) is 5.56 Å². The number of aromatic amines is 1. The van der Waals surface area contributed by atoms with Crippen LogP contribution in [0.4, 0.5) is 5.82 Å². The number of H-pyrrole nitrogens is 1. The molecule has 0 saturated heterocycles. The van der Waals surface area contributed by atoms with Gasteiger partial charge in [-0.1, -0.05) is 56.3 Å². The number of Topliss-reactive ketones (excluding diaryl/α,β-unsaturated/α-hetero) is 1. The zero-order valence-corrected chi connectivity index (χ0v) is 17.8. The molecule has 6 heteroatoms. The zero-order valence-electron chi connectivity index (χ0n) is 17.0. The monoisotopic (exact) mass is 409 g/mol.